The first kappa shape index (κ1) is 24.6. The monoisotopic (exact) mass is 585 g/mol. The topological polar surface area (TPSA) is 29.0 Å². The molecule has 0 amide bonds. The van der Waals surface area contributed by atoms with Crippen molar-refractivity contribution in [1.29, 1.82) is 0 Å². The van der Waals surface area contributed by atoms with Crippen LogP contribution in [0.3, 0.4) is 0 Å². The third-order valence-electron chi connectivity index (χ3n) is 8.23. The van der Waals surface area contributed by atoms with E-state index in [1.54, 1.807) is 11.8 Å². The molecule has 5 heteroatoms. The average molecular weight is 586 g/mol. The standard InChI is InChI=1S/C38H23N3S2/c1-2-12-24(13-3-1)41-32-21-8-9-23-34(32)42-36-31(20-11-22-33(36)41)37-39-38(43-40-37)30-19-10-18-29-27-15-5-4-14-25(27)26-16-6-7-17-28(26)35(29)30/h1-23H. The minimum atomic E-state index is 0.763. The summed E-state index contributed by atoms with van der Waals surface area (Å²) in [6, 6.07) is 49.6. The van der Waals surface area contributed by atoms with Crippen molar-refractivity contribution in [2.45, 2.75) is 9.79 Å². The van der Waals surface area contributed by atoms with Crippen LogP contribution in [0.1, 0.15) is 0 Å². The molecule has 0 aliphatic carbocycles. The molecule has 0 spiro atoms. The molecule has 0 fully saturated rings. The maximum atomic E-state index is 5.23. The van der Waals surface area contributed by atoms with Gasteiger partial charge in [0.1, 0.15) is 5.01 Å². The summed E-state index contributed by atoms with van der Waals surface area (Å²) >= 11 is 3.27. The van der Waals surface area contributed by atoms with Crippen LogP contribution in [-0.2, 0) is 0 Å². The second-order valence-electron chi connectivity index (χ2n) is 10.6. The van der Waals surface area contributed by atoms with Crippen molar-refractivity contribution >= 4 is 72.7 Å². The van der Waals surface area contributed by atoms with E-state index in [0.29, 0.717) is 0 Å². The molecule has 0 bridgehead atoms. The van der Waals surface area contributed by atoms with Gasteiger partial charge in [-0.2, -0.15) is 4.37 Å². The van der Waals surface area contributed by atoms with Gasteiger partial charge in [-0.3, -0.25) is 0 Å². The highest BCUT2D eigenvalue weighted by molar-refractivity contribution is 8.00. The molecule has 0 saturated carbocycles. The zero-order valence-electron chi connectivity index (χ0n) is 22.9. The molecule has 8 aromatic rings. The van der Waals surface area contributed by atoms with E-state index in [0.717, 1.165) is 33.3 Å². The molecule has 7 aromatic carbocycles. The minimum Gasteiger partial charge on any atom is -0.308 e. The van der Waals surface area contributed by atoms with E-state index in [-0.39, 0.29) is 0 Å². The van der Waals surface area contributed by atoms with Crippen LogP contribution in [0.2, 0.25) is 0 Å². The van der Waals surface area contributed by atoms with Crippen molar-refractivity contribution in [3.05, 3.63) is 140 Å². The summed E-state index contributed by atoms with van der Waals surface area (Å²) < 4.78 is 4.97. The summed E-state index contributed by atoms with van der Waals surface area (Å²) in [5, 5.41) is 8.44. The fourth-order valence-electron chi connectivity index (χ4n) is 6.38. The quantitative estimate of drug-likeness (QED) is 0.193. The number of para-hydroxylation sites is 2. The molecular formula is C38H23N3S2. The molecule has 1 aromatic heterocycles. The van der Waals surface area contributed by atoms with E-state index >= 15 is 0 Å². The van der Waals surface area contributed by atoms with Crippen LogP contribution in [0.15, 0.2) is 149 Å². The third-order valence-corrected chi connectivity index (χ3v) is 10.2. The number of hydrogen-bond donors (Lipinski definition) is 0. The number of aromatic nitrogens is 2. The van der Waals surface area contributed by atoms with E-state index in [1.807, 2.05) is 0 Å². The average Bonchev–Trinajstić information content (AvgIpc) is 3.57. The Morgan fingerprint density at radius 1 is 0.488 bits per heavy atom. The van der Waals surface area contributed by atoms with Gasteiger partial charge in [-0.15, -0.1) is 0 Å². The second-order valence-corrected chi connectivity index (χ2v) is 12.4. The number of anilines is 3. The molecule has 9 rings (SSSR count). The third kappa shape index (κ3) is 3.82. The largest absolute Gasteiger partial charge is 0.308 e. The molecular weight excluding hydrogens is 563 g/mol. The van der Waals surface area contributed by atoms with Crippen LogP contribution in [0.4, 0.5) is 17.1 Å². The summed E-state index contributed by atoms with van der Waals surface area (Å²) in [5.74, 6) is 0.763. The highest BCUT2D eigenvalue weighted by Crippen LogP contribution is 2.54. The van der Waals surface area contributed by atoms with Crippen molar-refractivity contribution in [3.8, 4) is 22.0 Å². The normalized spacial score (nSPS) is 12.5. The Kier molecular flexibility index (Phi) is 5.61. The molecule has 43 heavy (non-hydrogen) atoms. The van der Waals surface area contributed by atoms with E-state index in [4.69, 9.17) is 9.36 Å². The lowest BCUT2D eigenvalue weighted by atomic mass is 9.92. The molecule has 0 radical (unpaired) electrons. The fraction of sp³-hybridized carbons (Fsp3) is 0. The lowest BCUT2D eigenvalue weighted by molar-refractivity contribution is 1.16. The van der Waals surface area contributed by atoms with Gasteiger partial charge in [0.15, 0.2) is 5.82 Å². The van der Waals surface area contributed by atoms with Crippen LogP contribution < -0.4 is 4.90 Å². The smallest absolute Gasteiger partial charge is 0.174 e. The van der Waals surface area contributed by atoms with Crippen molar-refractivity contribution in [1.82, 2.24) is 9.36 Å². The first-order valence-corrected chi connectivity index (χ1v) is 15.9. The highest BCUT2D eigenvalue weighted by atomic mass is 32.2. The number of hydrogen-bond acceptors (Lipinski definition) is 5. The van der Waals surface area contributed by atoms with Gasteiger partial charge in [-0.05, 0) is 74.9 Å². The highest BCUT2D eigenvalue weighted by Gasteiger charge is 2.28. The summed E-state index contributed by atoms with van der Waals surface area (Å²) in [6.07, 6.45) is 0. The van der Waals surface area contributed by atoms with Gasteiger partial charge in [0, 0.05) is 32.0 Å². The van der Waals surface area contributed by atoms with E-state index in [9.17, 15) is 0 Å². The molecule has 3 nitrogen and oxygen atoms in total. The Bertz CT molecular complexity index is 2300. The van der Waals surface area contributed by atoms with Crippen LogP contribution in [0, 0.1) is 0 Å². The number of nitrogens with zero attached hydrogens (tertiary/aromatic N) is 3. The summed E-state index contributed by atoms with van der Waals surface area (Å²) in [7, 11) is 0. The van der Waals surface area contributed by atoms with Gasteiger partial charge >= 0.3 is 0 Å². The van der Waals surface area contributed by atoms with Gasteiger partial charge in [0.05, 0.1) is 11.4 Å². The Balaban J connectivity index is 1.24. The molecule has 1 aliphatic rings. The van der Waals surface area contributed by atoms with E-state index < -0.39 is 0 Å². The Morgan fingerprint density at radius 3 is 1.86 bits per heavy atom. The fourth-order valence-corrected chi connectivity index (χ4v) is 8.26. The van der Waals surface area contributed by atoms with Gasteiger partial charge in [0.25, 0.3) is 0 Å². The number of benzene rings is 7. The Labute approximate surface area is 257 Å². The molecule has 0 unspecified atom stereocenters. The maximum Gasteiger partial charge on any atom is 0.174 e. The molecule has 0 saturated heterocycles. The molecule has 1 aliphatic heterocycles. The van der Waals surface area contributed by atoms with Crippen molar-refractivity contribution in [3.63, 3.8) is 0 Å². The van der Waals surface area contributed by atoms with E-state index in [2.05, 4.69) is 144 Å². The molecule has 0 atom stereocenters. The van der Waals surface area contributed by atoms with Crippen LogP contribution in [0.25, 0.3) is 54.3 Å². The second kappa shape index (κ2) is 9.80. The van der Waals surface area contributed by atoms with Crippen molar-refractivity contribution < 1.29 is 0 Å². The van der Waals surface area contributed by atoms with Gasteiger partial charge < -0.3 is 4.90 Å². The van der Waals surface area contributed by atoms with Crippen molar-refractivity contribution in [2.24, 2.45) is 0 Å². The van der Waals surface area contributed by atoms with Gasteiger partial charge in [0.2, 0.25) is 0 Å². The lowest BCUT2D eigenvalue weighted by Crippen LogP contribution is -2.15. The summed E-state index contributed by atoms with van der Waals surface area (Å²) in [6.45, 7) is 0. The molecule has 0 N–H and O–H groups in total. The predicted molar refractivity (Wildman–Crippen MR) is 182 cm³/mol. The van der Waals surface area contributed by atoms with Gasteiger partial charge in [-0.25, -0.2) is 4.98 Å². The summed E-state index contributed by atoms with van der Waals surface area (Å²) in [4.78, 5) is 9.96. The van der Waals surface area contributed by atoms with Crippen molar-refractivity contribution in [2.75, 3.05) is 4.90 Å². The van der Waals surface area contributed by atoms with Crippen LogP contribution in [-0.4, -0.2) is 9.36 Å². The van der Waals surface area contributed by atoms with Crippen LogP contribution in [0.5, 0.6) is 0 Å². The zero-order valence-corrected chi connectivity index (χ0v) is 24.6. The first-order chi connectivity index (χ1) is 21.3. The lowest BCUT2D eigenvalue weighted by Gasteiger charge is -2.33. The zero-order chi connectivity index (χ0) is 28.3. The molecule has 202 valence electrons. The van der Waals surface area contributed by atoms with E-state index in [1.165, 1.54) is 59.3 Å². The SMILES string of the molecule is c1ccc(N2c3ccccc3Sc3c(-c4nsc(-c5cccc6c7ccccc7c7ccccc7c56)n4)cccc32)cc1. The Morgan fingerprint density at radius 2 is 1.07 bits per heavy atom. The predicted octanol–water partition coefficient (Wildman–Crippen LogP) is 11.3. The number of fused-ring (bicyclic) bond motifs is 8. The molecule has 2 heterocycles. The maximum absolute atomic E-state index is 5.23. The minimum absolute atomic E-state index is 0.763. The number of rotatable bonds is 3. The summed E-state index contributed by atoms with van der Waals surface area (Å²) in [5.41, 5.74) is 5.64. The first-order valence-electron chi connectivity index (χ1n) is 14.3. The van der Waals surface area contributed by atoms with Gasteiger partial charge in [-0.1, -0.05) is 115 Å². The van der Waals surface area contributed by atoms with Crippen LogP contribution >= 0.6 is 23.3 Å². The Hall–Kier alpha value is -4.97.